The molecule has 0 bridgehead atoms. The van der Waals surface area contributed by atoms with E-state index < -0.39 is 0 Å². The fourth-order valence-corrected chi connectivity index (χ4v) is 2.89. The average molecular weight is 271 g/mol. The van der Waals surface area contributed by atoms with Gasteiger partial charge in [-0.2, -0.15) is 0 Å². The minimum absolute atomic E-state index is 0.294. The highest BCUT2D eigenvalue weighted by molar-refractivity contribution is 6.17. The van der Waals surface area contributed by atoms with E-state index in [1.807, 2.05) is 60.7 Å². The van der Waals surface area contributed by atoms with E-state index in [0.29, 0.717) is 5.75 Å². The Balaban J connectivity index is 2.26. The van der Waals surface area contributed by atoms with E-state index in [0.717, 1.165) is 32.8 Å². The van der Waals surface area contributed by atoms with Crippen LogP contribution < -0.4 is 0 Å². The number of benzene rings is 3. The molecule has 21 heavy (non-hydrogen) atoms. The molecule has 0 unspecified atom stereocenters. The Morgan fingerprint density at radius 2 is 1.19 bits per heavy atom. The molecule has 1 aromatic heterocycles. The summed E-state index contributed by atoms with van der Waals surface area (Å²) in [7, 11) is 0. The van der Waals surface area contributed by atoms with Gasteiger partial charge in [-0.25, -0.2) is 0 Å². The lowest BCUT2D eigenvalue weighted by Crippen LogP contribution is -1.88. The molecule has 0 aliphatic carbocycles. The quantitative estimate of drug-likeness (QED) is 0.506. The Morgan fingerprint density at radius 3 is 1.86 bits per heavy atom. The molecule has 0 spiro atoms. The number of aromatic nitrogens is 1. The van der Waals surface area contributed by atoms with Crippen LogP contribution in [0.15, 0.2) is 72.9 Å². The molecule has 3 aromatic carbocycles. The van der Waals surface area contributed by atoms with Gasteiger partial charge in [0, 0.05) is 11.6 Å². The first kappa shape index (κ1) is 11.9. The van der Waals surface area contributed by atoms with Crippen LogP contribution in [-0.4, -0.2) is 10.1 Å². The van der Waals surface area contributed by atoms with Crippen LogP contribution in [0.4, 0.5) is 0 Å². The van der Waals surface area contributed by atoms with Gasteiger partial charge in [-0.1, -0.05) is 54.6 Å². The molecule has 2 nitrogen and oxygen atoms in total. The Bertz CT molecular complexity index is 945. The second-order valence-corrected chi connectivity index (χ2v) is 5.03. The molecule has 0 amide bonds. The number of aromatic hydroxyl groups is 1. The minimum atomic E-state index is 0.294. The molecule has 1 N–H and O–H groups in total. The van der Waals surface area contributed by atoms with Crippen molar-refractivity contribution in [2.75, 3.05) is 0 Å². The zero-order valence-electron chi connectivity index (χ0n) is 11.3. The van der Waals surface area contributed by atoms with Crippen LogP contribution in [0.25, 0.3) is 32.8 Å². The third-order valence-electron chi connectivity index (χ3n) is 3.83. The predicted octanol–water partition coefficient (Wildman–Crippen LogP) is 4.76. The molecule has 2 heteroatoms. The number of pyridine rings is 1. The van der Waals surface area contributed by atoms with Crippen molar-refractivity contribution in [3.05, 3.63) is 72.9 Å². The molecular weight excluding hydrogens is 258 g/mol. The normalized spacial score (nSPS) is 11.0. The van der Waals surface area contributed by atoms with Crippen LogP contribution >= 0.6 is 0 Å². The fraction of sp³-hybridized carbons (Fsp3) is 0. The molecular formula is C19H13NO. The molecule has 0 fully saturated rings. The van der Waals surface area contributed by atoms with Crippen LogP contribution in [0, 0.1) is 0 Å². The molecule has 4 rings (SSSR count). The van der Waals surface area contributed by atoms with Crippen LogP contribution in [0.5, 0.6) is 5.75 Å². The molecule has 0 aliphatic heterocycles. The summed E-state index contributed by atoms with van der Waals surface area (Å²) in [6.07, 6.45) is 1.75. The van der Waals surface area contributed by atoms with Gasteiger partial charge >= 0.3 is 0 Å². The summed E-state index contributed by atoms with van der Waals surface area (Å²) in [6.45, 7) is 0. The van der Waals surface area contributed by atoms with E-state index in [4.69, 9.17) is 0 Å². The number of fused-ring (bicyclic) bond motifs is 3. The smallest absolute Gasteiger partial charge is 0.133 e. The van der Waals surface area contributed by atoms with Gasteiger partial charge in [0.25, 0.3) is 0 Å². The van der Waals surface area contributed by atoms with Gasteiger partial charge in [0.15, 0.2) is 0 Å². The minimum Gasteiger partial charge on any atom is -0.507 e. The van der Waals surface area contributed by atoms with Crippen molar-refractivity contribution in [2.45, 2.75) is 0 Å². The highest BCUT2D eigenvalue weighted by Crippen LogP contribution is 2.42. The van der Waals surface area contributed by atoms with Crippen molar-refractivity contribution in [3.8, 4) is 17.0 Å². The molecule has 100 valence electrons. The lowest BCUT2D eigenvalue weighted by atomic mass is 9.94. The SMILES string of the molecule is Oc1c(-c2ccccn2)c2ccccc2c2ccccc12. The molecule has 0 saturated carbocycles. The topological polar surface area (TPSA) is 33.1 Å². The summed E-state index contributed by atoms with van der Waals surface area (Å²) in [5.74, 6) is 0.294. The monoisotopic (exact) mass is 271 g/mol. The Morgan fingerprint density at radius 1 is 0.619 bits per heavy atom. The van der Waals surface area contributed by atoms with E-state index in [-0.39, 0.29) is 0 Å². The van der Waals surface area contributed by atoms with E-state index in [2.05, 4.69) is 11.1 Å². The summed E-state index contributed by atoms with van der Waals surface area (Å²) < 4.78 is 0. The number of rotatable bonds is 1. The Hall–Kier alpha value is -2.87. The Kier molecular flexibility index (Phi) is 2.61. The molecule has 4 aromatic rings. The predicted molar refractivity (Wildman–Crippen MR) is 86.3 cm³/mol. The Labute approximate surface area is 122 Å². The second kappa shape index (κ2) is 4.60. The maximum absolute atomic E-state index is 10.8. The maximum atomic E-state index is 10.8. The number of hydrogen-bond donors (Lipinski definition) is 1. The summed E-state index contributed by atoms with van der Waals surface area (Å²) in [5, 5.41) is 14.8. The molecule has 0 atom stereocenters. The molecule has 0 saturated heterocycles. The van der Waals surface area contributed by atoms with Crippen molar-refractivity contribution in [1.29, 1.82) is 0 Å². The first-order valence-electron chi connectivity index (χ1n) is 6.90. The van der Waals surface area contributed by atoms with E-state index in [1.54, 1.807) is 6.20 Å². The zero-order chi connectivity index (χ0) is 14.2. The number of phenols is 1. The summed E-state index contributed by atoms with van der Waals surface area (Å²) in [5.41, 5.74) is 1.59. The molecule has 1 heterocycles. The van der Waals surface area contributed by atoms with Crippen molar-refractivity contribution in [2.24, 2.45) is 0 Å². The van der Waals surface area contributed by atoms with Crippen LogP contribution in [0.1, 0.15) is 0 Å². The van der Waals surface area contributed by atoms with Gasteiger partial charge < -0.3 is 5.11 Å². The van der Waals surface area contributed by atoms with Gasteiger partial charge in [0.05, 0.1) is 11.3 Å². The fourth-order valence-electron chi connectivity index (χ4n) is 2.89. The first-order chi connectivity index (χ1) is 10.4. The van der Waals surface area contributed by atoms with Crippen LogP contribution in [-0.2, 0) is 0 Å². The van der Waals surface area contributed by atoms with Crippen LogP contribution in [0.2, 0.25) is 0 Å². The highest BCUT2D eigenvalue weighted by atomic mass is 16.3. The van der Waals surface area contributed by atoms with Crippen molar-refractivity contribution >= 4 is 21.5 Å². The summed E-state index contributed by atoms with van der Waals surface area (Å²) in [6, 6.07) is 21.8. The summed E-state index contributed by atoms with van der Waals surface area (Å²) >= 11 is 0. The highest BCUT2D eigenvalue weighted by Gasteiger charge is 2.15. The lowest BCUT2D eigenvalue weighted by molar-refractivity contribution is 0.484. The largest absolute Gasteiger partial charge is 0.507 e. The molecule has 0 radical (unpaired) electrons. The number of phenolic OH excluding ortho intramolecular Hbond substituents is 1. The van der Waals surface area contributed by atoms with Crippen molar-refractivity contribution < 1.29 is 5.11 Å². The third kappa shape index (κ3) is 1.77. The maximum Gasteiger partial charge on any atom is 0.133 e. The summed E-state index contributed by atoms with van der Waals surface area (Å²) in [4.78, 5) is 4.41. The number of nitrogens with zero attached hydrogens (tertiary/aromatic N) is 1. The van der Waals surface area contributed by atoms with Gasteiger partial charge in [0.1, 0.15) is 5.75 Å². The van der Waals surface area contributed by atoms with Crippen molar-refractivity contribution in [1.82, 2.24) is 4.98 Å². The number of hydrogen-bond acceptors (Lipinski definition) is 2. The second-order valence-electron chi connectivity index (χ2n) is 5.03. The van der Waals surface area contributed by atoms with Gasteiger partial charge in [-0.05, 0) is 28.3 Å². The van der Waals surface area contributed by atoms with Gasteiger partial charge in [0.2, 0.25) is 0 Å². The van der Waals surface area contributed by atoms with E-state index in [9.17, 15) is 5.11 Å². The first-order valence-corrected chi connectivity index (χ1v) is 6.90. The standard InChI is InChI=1S/C19H13NO/c21-19-16-10-4-2-8-14(16)13-7-1-3-9-15(13)18(19)17-11-5-6-12-20-17/h1-12,21H. The van der Waals surface area contributed by atoms with Gasteiger partial charge in [-0.3, -0.25) is 4.98 Å². The lowest BCUT2D eigenvalue weighted by Gasteiger charge is -2.13. The van der Waals surface area contributed by atoms with E-state index in [1.165, 1.54) is 0 Å². The van der Waals surface area contributed by atoms with Crippen molar-refractivity contribution in [3.63, 3.8) is 0 Å². The average Bonchev–Trinajstić information content (AvgIpc) is 2.56. The van der Waals surface area contributed by atoms with E-state index >= 15 is 0 Å². The zero-order valence-corrected chi connectivity index (χ0v) is 11.3. The van der Waals surface area contributed by atoms with Crippen LogP contribution in [0.3, 0.4) is 0 Å². The third-order valence-corrected chi connectivity index (χ3v) is 3.83. The van der Waals surface area contributed by atoms with Gasteiger partial charge in [-0.15, -0.1) is 0 Å². The molecule has 0 aliphatic rings.